The molecule has 0 bridgehead atoms. The molecule has 6 heteroatoms. The Bertz CT molecular complexity index is 627. The van der Waals surface area contributed by atoms with E-state index in [0.717, 1.165) is 11.1 Å². The smallest absolute Gasteiger partial charge is 0.308 e. The Morgan fingerprint density at radius 2 is 1.70 bits per heavy atom. The third kappa shape index (κ3) is 9.70. The maximum atomic E-state index is 12.0. The topological polar surface area (TPSA) is 50.2 Å². The molecule has 1 aromatic rings. The normalized spacial score (nSPS) is 16.3. The van der Waals surface area contributed by atoms with Gasteiger partial charge in [0.25, 0.3) is 0 Å². The molecule has 1 aromatic heterocycles. The van der Waals surface area contributed by atoms with Gasteiger partial charge in [-0.1, -0.05) is 45.6 Å². The SMILES string of the molecule is CCC.Cc1cncc(CC(=O)C2=C[CH]2)c1C1CCCCC1.OC(F)(F)F. The van der Waals surface area contributed by atoms with E-state index in [2.05, 4.69) is 25.8 Å². The van der Waals surface area contributed by atoms with E-state index < -0.39 is 6.36 Å². The zero-order valence-electron chi connectivity index (χ0n) is 16.3. The van der Waals surface area contributed by atoms with Crippen LogP contribution in [0.1, 0.15) is 75.0 Å². The molecule has 1 fully saturated rings. The first-order valence-electron chi connectivity index (χ1n) is 9.48. The molecule has 2 aliphatic rings. The fraction of sp³-hybridized carbons (Fsp3) is 0.571. The molecule has 27 heavy (non-hydrogen) atoms. The summed E-state index contributed by atoms with van der Waals surface area (Å²) in [5.41, 5.74) is 4.70. The maximum Gasteiger partial charge on any atom is 0.519 e. The number of carbonyl (C=O) groups excluding carboxylic acids is 1. The van der Waals surface area contributed by atoms with Gasteiger partial charge in [0.1, 0.15) is 0 Å². The van der Waals surface area contributed by atoms with Gasteiger partial charge in [-0.25, -0.2) is 0 Å². The summed E-state index contributed by atoms with van der Waals surface area (Å²) in [7, 11) is 0. The molecule has 1 saturated carbocycles. The molecule has 0 spiro atoms. The molecule has 3 nitrogen and oxygen atoms in total. The van der Waals surface area contributed by atoms with Crippen molar-refractivity contribution in [3.8, 4) is 0 Å². The molecule has 1 radical (unpaired) electrons. The van der Waals surface area contributed by atoms with Crippen molar-refractivity contribution in [3.63, 3.8) is 0 Å². The molecule has 0 atom stereocenters. The first-order valence-corrected chi connectivity index (χ1v) is 9.48. The Kier molecular flexibility index (Phi) is 9.70. The summed E-state index contributed by atoms with van der Waals surface area (Å²) in [5.74, 6) is 0.876. The number of hydrogen-bond donors (Lipinski definition) is 1. The summed E-state index contributed by atoms with van der Waals surface area (Å²) in [6.07, 6.45) is 10.9. The quantitative estimate of drug-likeness (QED) is 0.734. The lowest BCUT2D eigenvalue weighted by Gasteiger charge is -2.25. The largest absolute Gasteiger partial charge is 0.519 e. The Morgan fingerprint density at radius 3 is 2.19 bits per heavy atom. The van der Waals surface area contributed by atoms with E-state index in [4.69, 9.17) is 5.11 Å². The number of hydrogen-bond acceptors (Lipinski definition) is 3. The van der Waals surface area contributed by atoms with Crippen molar-refractivity contribution in [2.45, 2.75) is 78.0 Å². The average molecular weight is 384 g/mol. The van der Waals surface area contributed by atoms with Crippen molar-refractivity contribution in [2.75, 3.05) is 0 Å². The molecule has 3 rings (SSSR count). The number of allylic oxidation sites excluding steroid dienone is 2. The van der Waals surface area contributed by atoms with Crippen LogP contribution in [-0.4, -0.2) is 22.2 Å². The first kappa shape index (κ1) is 23.3. The van der Waals surface area contributed by atoms with Gasteiger partial charge in [-0.2, -0.15) is 0 Å². The van der Waals surface area contributed by atoms with Crippen molar-refractivity contribution >= 4 is 5.78 Å². The number of ketones is 1. The second-order valence-corrected chi connectivity index (χ2v) is 6.93. The number of carbonyl (C=O) groups is 1. The summed E-state index contributed by atoms with van der Waals surface area (Å²) < 4.78 is 29.7. The number of nitrogens with zero attached hydrogens (tertiary/aromatic N) is 1. The summed E-state index contributed by atoms with van der Waals surface area (Å²) >= 11 is 0. The minimum absolute atomic E-state index is 0.240. The zero-order valence-corrected chi connectivity index (χ0v) is 16.3. The third-order valence-corrected chi connectivity index (χ3v) is 4.29. The van der Waals surface area contributed by atoms with E-state index in [0.29, 0.717) is 12.3 Å². The van der Waals surface area contributed by atoms with Gasteiger partial charge < -0.3 is 5.11 Å². The average Bonchev–Trinajstić information content (AvgIpc) is 3.40. The van der Waals surface area contributed by atoms with Crippen LogP contribution in [0.2, 0.25) is 0 Å². The van der Waals surface area contributed by atoms with E-state index in [1.54, 1.807) is 0 Å². The van der Waals surface area contributed by atoms with Gasteiger partial charge >= 0.3 is 6.36 Å². The second kappa shape index (κ2) is 11.2. The van der Waals surface area contributed by atoms with Crippen LogP contribution >= 0.6 is 0 Å². The van der Waals surface area contributed by atoms with Crippen LogP contribution in [0, 0.1) is 13.3 Å². The zero-order chi connectivity index (χ0) is 20.4. The molecule has 0 saturated heterocycles. The molecule has 0 amide bonds. The van der Waals surface area contributed by atoms with Crippen LogP contribution in [0.25, 0.3) is 0 Å². The highest BCUT2D eigenvalue weighted by molar-refractivity contribution is 6.04. The third-order valence-electron chi connectivity index (χ3n) is 4.29. The van der Waals surface area contributed by atoms with Crippen LogP contribution in [0.15, 0.2) is 24.0 Å². The Balaban J connectivity index is 0.000000390. The summed E-state index contributed by atoms with van der Waals surface area (Å²) in [5, 5.41) is 6.52. The number of aromatic nitrogens is 1. The highest BCUT2D eigenvalue weighted by Gasteiger charge is 2.24. The fourth-order valence-corrected chi connectivity index (χ4v) is 3.25. The van der Waals surface area contributed by atoms with Crippen LogP contribution in [0.3, 0.4) is 0 Å². The molecule has 1 heterocycles. The monoisotopic (exact) mass is 384 g/mol. The van der Waals surface area contributed by atoms with Gasteiger partial charge in [-0.05, 0) is 47.9 Å². The molecule has 1 N–H and O–H groups in total. The molecule has 0 aliphatic heterocycles. The summed E-state index contributed by atoms with van der Waals surface area (Å²) in [4.78, 5) is 16.3. The van der Waals surface area contributed by atoms with Gasteiger partial charge in [-0.15, -0.1) is 13.2 Å². The molecule has 0 unspecified atom stereocenters. The molecular weight excluding hydrogens is 355 g/mol. The Morgan fingerprint density at radius 1 is 1.19 bits per heavy atom. The lowest BCUT2D eigenvalue weighted by Crippen LogP contribution is -2.12. The van der Waals surface area contributed by atoms with E-state index >= 15 is 0 Å². The maximum absolute atomic E-state index is 12.0. The highest BCUT2D eigenvalue weighted by atomic mass is 19.4. The van der Waals surface area contributed by atoms with E-state index in [1.807, 2.05) is 24.9 Å². The van der Waals surface area contributed by atoms with E-state index in [1.165, 1.54) is 49.7 Å². The standard InChI is InChI=1S/C17H20NO.C3H8.CHF3O/c1-12-10-18-11-15(9-16(19)13-7-8-13)17(12)14-5-3-2-4-6-14;1-3-2;2-1(3,4)5/h7-8,10-11,14H,2-6,9H2,1H3;3H2,1-2H3;5H. The van der Waals surface area contributed by atoms with Crippen LogP contribution in [0.4, 0.5) is 13.2 Å². The van der Waals surface area contributed by atoms with Crippen LogP contribution < -0.4 is 0 Å². The number of aliphatic hydroxyl groups is 1. The van der Waals surface area contributed by atoms with Gasteiger partial charge in [0.2, 0.25) is 0 Å². The minimum atomic E-state index is -5.00. The predicted octanol–water partition coefficient (Wildman–Crippen LogP) is 5.61. The molecule has 2 aliphatic carbocycles. The van der Waals surface area contributed by atoms with Crippen LogP contribution in [0.5, 0.6) is 0 Å². The van der Waals surface area contributed by atoms with Crippen LogP contribution in [-0.2, 0) is 11.2 Å². The number of rotatable bonds is 4. The fourth-order valence-electron chi connectivity index (χ4n) is 3.25. The molecular formula is C21H29F3NO2. The summed E-state index contributed by atoms with van der Waals surface area (Å²) in [6.45, 7) is 6.38. The van der Waals surface area contributed by atoms with Gasteiger partial charge in [-0.3, -0.25) is 9.78 Å². The Labute approximate surface area is 159 Å². The van der Waals surface area contributed by atoms with Crippen molar-refractivity contribution in [1.29, 1.82) is 0 Å². The Hall–Kier alpha value is -1.69. The van der Waals surface area contributed by atoms with E-state index in [-0.39, 0.29) is 5.78 Å². The number of Topliss-reactive ketones (excluding diaryl/α,β-unsaturated/α-hetero) is 1. The number of pyridine rings is 1. The number of halogens is 3. The number of aryl methyl sites for hydroxylation is 1. The second-order valence-electron chi connectivity index (χ2n) is 6.93. The molecule has 151 valence electrons. The predicted molar refractivity (Wildman–Crippen MR) is 100 cm³/mol. The lowest BCUT2D eigenvalue weighted by atomic mass is 9.80. The lowest BCUT2D eigenvalue weighted by molar-refractivity contribution is -0.295. The van der Waals surface area contributed by atoms with Crippen molar-refractivity contribution in [2.24, 2.45) is 0 Å². The van der Waals surface area contributed by atoms with E-state index in [9.17, 15) is 18.0 Å². The minimum Gasteiger partial charge on any atom is -0.308 e. The van der Waals surface area contributed by atoms with Crippen molar-refractivity contribution in [3.05, 3.63) is 47.2 Å². The number of alkyl halides is 3. The molecule has 0 aromatic carbocycles. The van der Waals surface area contributed by atoms with Crippen molar-refractivity contribution < 1.29 is 23.1 Å². The van der Waals surface area contributed by atoms with Gasteiger partial charge in [0.15, 0.2) is 5.78 Å². The first-order chi connectivity index (χ1) is 12.7. The summed E-state index contributed by atoms with van der Waals surface area (Å²) in [6, 6.07) is 0. The van der Waals surface area contributed by atoms with Crippen molar-refractivity contribution in [1.82, 2.24) is 4.98 Å². The van der Waals surface area contributed by atoms with Gasteiger partial charge in [0.05, 0.1) is 0 Å². The van der Waals surface area contributed by atoms with Gasteiger partial charge in [0, 0.05) is 25.2 Å². The highest BCUT2D eigenvalue weighted by Crippen LogP contribution is 2.36.